The van der Waals surface area contributed by atoms with E-state index in [-0.39, 0.29) is 6.54 Å². The largest absolute Gasteiger partial charge is 0.490 e. The molecule has 0 aliphatic heterocycles. The maximum atomic E-state index is 13.0. The molecule has 0 atom stereocenters. The molecule has 0 heterocycles. The van der Waals surface area contributed by atoms with E-state index in [1.54, 1.807) is 0 Å². The minimum Gasteiger partial charge on any atom is -0.475 e. The van der Waals surface area contributed by atoms with E-state index >= 15 is 0 Å². The smallest absolute Gasteiger partial charge is 0.475 e. The molecule has 0 aromatic heterocycles. The molecule has 11 heteroatoms. The second-order valence-electron chi connectivity index (χ2n) is 3.32. The molecule has 114 valence electrons. The lowest BCUT2D eigenvalue weighted by atomic mass is 10.2. The first kappa shape index (κ1) is 18.3. The van der Waals surface area contributed by atoms with Gasteiger partial charge in [0.05, 0.1) is 0 Å². The summed E-state index contributed by atoms with van der Waals surface area (Å²) >= 11 is 0. The molecule has 1 aromatic rings. The van der Waals surface area contributed by atoms with Crippen LogP contribution in [-0.2, 0) is 21.4 Å². The van der Waals surface area contributed by atoms with E-state index in [2.05, 4.69) is 0 Å². The Morgan fingerprint density at radius 1 is 1.30 bits per heavy atom. The van der Waals surface area contributed by atoms with Crippen molar-refractivity contribution in [3.8, 4) is 0 Å². The van der Waals surface area contributed by atoms with Gasteiger partial charge in [0, 0.05) is 6.54 Å². The number of rotatable bonds is 2. The predicted octanol–water partition coefficient (Wildman–Crippen LogP) is 0.565. The van der Waals surface area contributed by atoms with Gasteiger partial charge in [-0.3, -0.25) is 0 Å². The molecule has 0 aliphatic carbocycles. The van der Waals surface area contributed by atoms with Gasteiger partial charge in [0.2, 0.25) is 10.0 Å². The van der Waals surface area contributed by atoms with Crippen LogP contribution in [0.25, 0.3) is 0 Å². The Morgan fingerprint density at radius 3 is 2.00 bits per heavy atom. The van der Waals surface area contributed by atoms with Crippen molar-refractivity contribution in [2.24, 2.45) is 10.9 Å². The number of carboxylic acid groups (broad SMARTS) is 1. The lowest BCUT2D eigenvalue weighted by molar-refractivity contribution is -0.192. The summed E-state index contributed by atoms with van der Waals surface area (Å²) in [7, 11) is -3.97. The molecule has 6 nitrogen and oxygen atoms in total. The van der Waals surface area contributed by atoms with Gasteiger partial charge in [0.15, 0.2) is 0 Å². The third-order valence-electron chi connectivity index (χ3n) is 1.78. The van der Waals surface area contributed by atoms with Gasteiger partial charge in [-0.05, 0) is 17.7 Å². The van der Waals surface area contributed by atoms with Gasteiger partial charge in [-0.2, -0.15) is 13.2 Å². The van der Waals surface area contributed by atoms with E-state index in [1.165, 1.54) is 6.07 Å². The van der Waals surface area contributed by atoms with Crippen LogP contribution in [0, 0.1) is 5.82 Å². The first-order valence-corrected chi connectivity index (χ1v) is 6.25. The Kier molecular flexibility index (Phi) is 6.06. The fourth-order valence-corrected chi connectivity index (χ4v) is 1.49. The number of carboxylic acids is 1. The molecule has 0 bridgehead atoms. The van der Waals surface area contributed by atoms with Crippen LogP contribution < -0.4 is 10.9 Å². The van der Waals surface area contributed by atoms with Gasteiger partial charge < -0.3 is 10.8 Å². The number of hydrogen-bond donors (Lipinski definition) is 3. The quantitative estimate of drug-likeness (QED) is 0.688. The van der Waals surface area contributed by atoms with Crippen molar-refractivity contribution in [1.82, 2.24) is 0 Å². The summed E-state index contributed by atoms with van der Waals surface area (Å²) in [6.07, 6.45) is -5.08. The summed E-state index contributed by atoms with van der Waals surface area (Å²) < 4.78 is 66.3. The Bertz CT molecular complexity index is 586. The molecule has 20 heavy (non-hydrogen) atoms. The van der Waals surface area contributed by atoms with Crippen molar-refractivity contribution in [3.63, 3.8) is 0 Å². The average Bonchev–Trinajstić information content (AvgIpc) is 2.26. The third-order valence-corrected chi connectivity index (χ3v) is 2.73. The van der Waals surface area contributed by atoms with E-state index in [0.29, 0.717) is 5.56 Å². The number of alkyl halides is 3. The summed E-state index contributed by atoms with van der Waals surface area (Å²) in [4.78, 5) is 8.39. The van der Waals surface area contributed by atoms with E-state index in [1.807, 2.05) is 0 Å². The van der Waals surface area contributed by atoms with Crippen LogP contribution >= 0.6 is 0 Å². The van der Waals surface area contributed by atoms with Crippen LogP contribution in [0.4, 0.5) is 17.6 Å². The van der Waals surface area contributed by atoms with E-state index in [9.17, 15) is 26.0 Å². The van der Waals surface area contributed by atoms with Crippen LogP contribution in [0.15, 0.2) is 23.1 Å². The summed E-state index contributed by atoms with van der Waals surface area (Å²) in [5.74, 6) is -3.63. The van der Waals surface area contributed by atoms with Gasteiger partial charge in [0.25, 0.3) is 0 Å². The SMILES string of the molecule is NCc1ccc(S(N)(=O)=O)c(F)c1.O=C(O)C(F)(F)F. The molecule has 0 saturated carbocycles. The summed E-state index contributed by atoms with van der Waals surface area (Å²) in [5.41, 5.74) is 5.75. The molecule has 1 aromatic carbocycles. The molecular formula is C9H10F4N2O4S. The highest BCUT2D eigenvalue weighted by Crippen LogP contribution is 2.14. The number of sulfonamides is 1. The van der Waals surface area contributed by atoms with Crippen LogP contribution in [0.3, 0.4) is 0 Å². The number of carbonyl (C=O) groups is 1. The number of nitrogens with two attached hydrogens (primary N) is 2. The molecular weight excluding hydrogens is 308 g/mol. The van der Waals surface area contributed by atoms with Crippen LogP contribution in [-0.4, -0.2) is 25.7 Å². The van der Waals surface area contributed by atoms with Crippen molar-refractivity contribution >= 4 is 16.0 Å². The first-order chi connectivity index (χ1) is 8.89. The Hall–Kier alpha value is -1.72. The molecule has 0 amide bonds. The van der Waals surface area contributed by atoms with Gasteiger partial charge in [-0.25, -0.2) is 22.7 Å². The standard InChI is InChI=1S/C7H9FN2O2S.C2HF3O2/c8-6-3-5(4-9)1-2-7(6)13(10,11)12;3-2(4,5)1(6)7/h1-3H,4,9H2,(H2,10,11,12);(H,6,7). The lowest BCUT2D eigenvalue weighted by Crippen LogP contribution is -2.21. The maximum absolute atomic E-state index is 13.0. The Morgan fingerprint density at radius 2 is 1.75 bits per heavy atom. The first-order valence-electron chi connectivity index (χ1n) is 4.71. The number of halogens is 4. The van der Waals surface area contributed by atoms with E-state index in [4.69, 9.17) is 20.8 Å². The molecule has 0 spiro atoms. The topological polar surface area (TPSA) is 123 Å². The number of hydrogen-bond acceptors (Lipinski definition) is 4. The number of benzene rings is 1. The second kappa shape index (κ2) is 6.63. The molecule has 0 radical (unpaired) electrons. The van der Waals surface area contributed by atoms with Gasteiger partial charge >= 0.3 is 12.1 Å². The lowest BCUT2D eigenvalue weighted by Gasteiger charge is -2.01. The highest BCUT2D eigenvalue weighted by Gasteiger charge is 2.38. The van der Waals surface area contributed by atoms with Crippen LogP contribution in [0.5, 0.6) is 0 Å². The third kappa shape index (κ3) is 5.95. The highest BCUT2D eigenvalue weighted by atomic mass is 32.2. The van der Waals surface area contributed by atoms with Crippen molar-refractivity contribution in [3.05, 3.63) is 29.6 Å². The second-order valence-corrected chi connectivity index (χ2v) is 4.85. The maximum Gasteiger partial charge on any atom is 0.490 e. The zero-order valence-electron chi connectivity index (χ0n) is 9.69. The molecule has 5 N–H and O–H groups in total. The Labute approximate surface area is 111 Å². The zero-order chi connectivity index (χ0) is 16.1. The van der Waals surface area contributed by atoms with E-state index in [0.717, 1.165) is 12.1 Å². The number of primary sulfonamides is 1. The molecule has 0 saturated heterocycles. The van der Waals surface area contributed by atoms with Gasteiger partial charge in [-0.1, -0.05) is 6.07 Å². The summed E-state index contributed by atoms with van der Waals surface area (Å²) in [5, 5.41) is 11.9. The molecule has 0 aliphatic rings. The fourth-order valence-electron chi connectivity index (χ4n) is 0.902. The summed E-state index contributed by atoms with van der Waals surface area (Å²) in [6.45, 7) is 0.155. The number of aliphatic carboxylic acids is 1. The highest BCUT2D eigenvalue weighted by molar-refractivity contribution is 7.89. The fraction of sp³-hybridized carbons (Fsp3) is 0.222. The average molecular weight is 318 g/mol. The van der Waals surface area contributed by atoms with E-state index < -0.39 is 32.9 Å². The van der Waals surface area contributed by atoms with Crippen molar-refractivity contribution in [1.29, 1.82) is 0 Å². The molecule has 0 fully saturated rings. The predicted molar refractivity (Wildman–Crippen MR) is 59.4 cm³/mol. The van der Waals surface area contributed by atoms with Crippen molar-refractivity contribution in [2.45, 2.75) is 17.6 Å². The van der Waals surface area contributed by atoms with Crippen molar-refractivity contribution < 1.29 is 35.9 Å². The van der Waals surface area contributed by atoms with Crippen LogP contribution in [0.2, 0.25) is 0 Å². The minimum atomic E-state index is -5.08. The van der Waals surface area contributed by atoms with Gasteiger partial charge in [0.1, 0.15) is 10.7 Å². The summed E-state index contributed by atoms with van der Waals surface area (Å²) in [6, 6.07) is 3.58. The molecule has 0 unspecified atom stereocenters. The zero-order valence-corrected chi connectivity index (χ0v) is 10.5. The normalized spacial score (nSPS) is 11.5. The van der Waals surface area contributed by atoms with Gasteiger partial charge in [-0.15, -0.1) is 0 Å². The Balaban J connectivity index is 0.000000441. The monoisotopic (exact) mass is 318 g/mol. The molecule has 1 rings (SSSR count). The van der Waals surface area contributed by atoms with Crippen molar-refractivity contribution in [2.75, 3.05) is 0 Å². The minimum absolute atomic E-state index is 0.155. The van der Waals surface area contributed by atoms with Crippen LogP contribution in [0.1, 0.15) is 5.56 Å².